The van der Waals surface area contributed by atoms with Gasteiger partial charge in [0.25, 0.3) is 5.91 Å². The summed E-state index contributed by atoms with van der Waals surface area (Å²) in [7, 11) is -1.92. The highest BCUT2D eigenvalue weighted by Crippen LogP contribution is 2.27. The minimum absolute atomic E-state index is 0.140. The topological polar surface area (TPSA) is 79.4 Å². The molecule has 1 aromatic rings. The first-order valence-corrected chi connectivity index (χ1v) is 10.7. The molecule has 1 aromatic heterocycles. The van der Waals surface area contributed by atoms with E-state index in [1.54, 1.807) is 6.92 Å². The zero-order chi connectivity index (χ0) is 17.0. The van der Waals surface area contributed by atoms with E-state index >= 15 is 0 Å². The third kappa shape index (κ3) is 4.91. The molecule has 1 amide bonds. The standard InChI is InChI=1S/C15H25N3O3S2/c1-11-13(22-15(16-11)18(2)23(3,20)21)14(19)17-12-9-7-5-4-6-8-10-12/h12H,4-10H2,1-3H3,(H,17,19). The molecule has 2 rings (SSSR count). The first-order valence-electron chi connectivity index (χ1n) is 8.01. The molecule has 1 N–H and O–H groups in total. The molecule has 6 nitrogen and oxygen atoms in total. The number of thiazole rings is 1. The van der Waals surface area contributed by atoms with Gasteiger partial charge in [0.15, 0.2) is 5.13 Å². The molecule has 0 aliphatic heterocycles. The molecule has 0 saturated heterocycles. The molecular formula is C15H25N3O3S2. The summed E-state index contributed by atoms with van der Waals surface area (Å²) in [6.07, 6.45) is 9.20. The summed E-state index contributed by atoms with van der Waals surface area (Å²) in [5.41, 5.74) is 0.573. The molecule has 130 valence electrons. The number of aromatic nitrogens is 1. The second-order valence-electron chi connectivity index (χ2n) is 6.16. The number of aryl methyl sites for hydroxylation is 1. The lowest BCUT2D eigenvalue weighted by molar-refractivity contribution is 0.0933. The second-order valence-corrected chi connectivity index (χ2v) is 9.15. The van der Waals surface area contributed by atoms with Gasteiger partial charge >= 0.3 is 0 Å². The number of sulfonamides is 1. The van der Waals surface area contributed by atoms with Crippen molar-refractivity contribution in [2.45, 2.75) is 57.9 Å². The van der Waals surface area contributed by atoms with Gasteiger partial charge in [-0.1, -0.05) is 43.4 Å². The summed E-state index contributed by atoms with van der Waals surface area (Å²) in [6, 6.07) is 0.209. The molecule has 1 heterocycles. The first-order chi connectivity index (χ1) is 10.8. The number of hydrogen-bond acceptors (Lipinski definition) is 5. The Morgan fingerprint density at radius 2 is 1.78 bits per heavy atom. The van der Waals surface area contributed by atoms with Crippen molar-refractivity contribution >= 4 is 32.4 Å². The van der Waals surface area contributed by atoms with Gasteiger partial charge in [0.2, 0.25) is 10.0 Å². The van der Waals surface area contributed by atoms with Crippen LogP contribution in [0.1, 0.15) is 60.3 Å². The highest BCUT2D eigenvalue weighted by Gasteiger charge is 2.23. The van der Waals surface area contributed by atoms with Crippen molar-refractivity contribution in [3.63, 3.8) is 0 Å². The normalized spacial score (nSPS) is 17.3. The van der Waals surface area contributed by atoms with Crippen molar-refractivity contribution in [1.82, 2.24) is 10.3 Å². The fourth-order valence-electron chi connectivity index (χ4n) is 2.72. The van der Waals surface area contributed by atoms with Gasteiger partial charge in [-0.2, -0.15) is 0 Å². The van der Waals surface area contributed by atoms with Crippen molar-refractivity contribution in [2.24, 2.45) is 0 Å². The molecule has 0 radical (unpaired) electrons. The number of nitrogens with one attached hydrogen (secondary N) is 1. The second kappa shape index (κ2) is 7.61. The largest absolute Gasteiger partial charge is 0.349 e. The van der Waals surface area contributed by atoms with Gasteiger partial charge in [-0.25, -0.2) is 17.7 Å². The molecule has 0 unspecified atom stereocenters. The average molecular weight is 360 g/mol. The van der Waals surface area contributed by atoms with Crippen LogP contribution in [0.2, 0.25) is 0 Å². The van der Waals surface area contributed by atoms with E-state index in [2.05, 4.69) is 10.3 Å². The highest BCUT2D eigenvalue weighted by molar-refractivity contribution is 7.92. The van der Waals surface area contributed by atoms with Crippen molar-refractivity contribution < 1.29 is 13.2 Å². The van der Waals surface area contributed by atoms with Crippen LogP contribution in [0.4, 0.5) is 5.13 Å². The Balaban J connectivity index is 2.08. The van der Waals surface area contributed by atoms with Gasteiger partial charge in [0.1, 0.15) is 4.88 Å². The molecule has 0 spiro atoms. The van der Waals surface area contributed by atoms with Crippen LogP contribution < -0.4 is 9.62 Å². The molecule has 0 aromatic carbocycles. The quantitative estimate of drug-likeness (QED) is 0.896. The fourth-order valence-corrected chi connectivity index (χ4v) is 4.40. The summed E-state index contributed by atoms with van der Waals surface area (Å²) >= 11 is 1.12. The minimum atomic E-state index is -3.37. The maximum absolute atomic E-state index is 12.5. The summed E-state index contributed by atoms with van der Waals surface area (Å²) in [4.78, 5) is 17.2. The molecule has 8 heteroatoms. The van der Waals surface area contributed by atoms with E-state index in [4.69, 9.17) is 0 Å². The zero-order valence-electron chi connectivity index (χ0n) is 14.0. The van der Waals surface area contributed by atoms with Crippen LogP contribution in [-0.2, 0) is 10.0 Å². The van der Waals surface area contributed by atoms with E-state index in [1.165, 1.54) is 26.3 Å². The third-order valence-corrected chi connectivity index (χ3v) is 6.71. The van der Waals surface area contributed by atoms with Gasteiger partial charge in [0.05, 0.1) is 11.9 Å². The molecule has 1 fully saturated rings. The van der Waals surface area contributed by atoms with E-state index in [0.29, 0.717) is 15.7 Å². The number of carbonyl (C=O) groups excluding carboxylic acids is 1. The summed E-state index contributed by atoms with van der Waals surface area (Å²) in [6.45, 7) is 1.74. The molecule has 1 aliphatic rings. The Bertz CT molecular complexity index is 647. The van der Waals surface area contributed by atoms with Crippen LogP contribution in [0.15, 0.2) is 0 Å². The van der Waals surface area contributed by atoms with Crippen molar-refractivity contribution in [2.75, 3.05) is 17.6 Å². The van der Waals surface area contributed by atoms with Crippen LogP contribution in [0.5, 0.6) is 0 Å². The molecule has 1 aliphatic carbocycles. The number of nitrogens with zero attached hydrogens (tertiary/aromatic N) is 2. The van der Waals surface area contributed by atoms with E-state index in [-0.39, 0.29) is 11.9 Å². The Kier molecular flexibility index (Phi) is 6.02. The smallest absolute Gasteiger partial charge is 0.263 e. The van der Waals surface area contributed by atoms with Crippen molar-refractivity contribution in [3.05, 3.63) is 10.6 Å². The number of anilines is 1. The van der Waals surface area contributed by atoms with E-state index < -0.39 is 10.0 Å². The van der Waals surface area contributed by atoms with E-state index in [1.807, 2.05) is 0 Å². The molecule has 0 atom stereocenters. The van der Waals surface area contributed by atoms with Gasteiger partial charge in [-0.3, -0.25) is 4.79 Å². The van der Waals surface area contributed by atoms with Crippen LogP contribution in [-0.4, -0.2) is 38.7 Å². The Hall–Kier alpha value is -1.15. The third-order valence-electron chi connectivity index (χ3n) is 4.20. The Morgan fingerprint density at radius 3 is 2.35 bits per heavy atom. The van der Waals surface area contributed by atoms with Gasteiger partial charge in [-0.15, -0.1) is 0 Å². The van der Waals surface area contributed by atoms with Gasteiger partial charge < -0.3 is 5.32 Å². The molecule has 0 bridgehead atoms. The van der Waals surface area contributed by atoms with Crippen LogP contribution in [0.25, 0.3) is 0 Å². The van der Waals surface area contributed by atoms with Crippen LogP contribution >= 0.6 is 11.3 Å². The molecular weight excluding hydrogens is 334 g/mol. The van der Waals surface area contributed by atoms with Crippen LogP contribution in [0, 0.1) is 6.92 Å². The molecule has 23 heavy (non-hydrogen) atoms. The summed E-state index contributed by atoms with van der Waals surface area (Å²) in [5, 5.41) is 3.42. The maximum Gasteiger partial charge on any atom is 0.263 e. The average Bonchev–Trinajstić information content (AvgIpc) is 2.81. The number of hydrogen-bond donors (Lipinski definition) is 1. The van der Waals surface area contributed by atoms with Gasteiger partial charge in [0, 0.05) is 13.1 Å². The molecule has 1 saturated carbocycles. The Labute approximate surface area is 142 Å². The lowest BCUT2D eigenvalue weighted by Gasteiger charge is -2.20. The highest BCUT2D eigenvalue weighted by atomic mass is 32.2. The van der Waals surface area contributed by atoms with Gasteiger partial charge in [-0.05, 0) is 19.8 Å². The predicted molar refractivity (Wildman–Crippen MR) is 93.7 cm³/mol. The maximum atomic E-state index is 12.5. The Morgan fingerprint density at radius 1 is 1.22 bits per heavy atom. The lowest BCUT2D eigenvalue weighted by atomic mass is 9.97. The number of amides is 1. The van der Waals surface area contributed by atoms with Crippen LogP contribution in [0.3, 0.4) is 0 Å². The summed E-state index contributed by atoms with van der Waals surface area (Å²) < 4.78 is 24.3. The van der Waals surface area contributed by atoms with Crippen molar-refractivity contribution in [1.29, 1.82) is 0 Å². The SMILES string of the molecule is Cc1nc(N(C)S(C)(=O)=O)sc1C(=O)NC1CCCCCCC1. The summed E-state index contributed by atoms with van der Waals surface area (Å²) in [5.74, 6) is -0.140. The first kappa shape index (κ1) is 18.2. The number of carbonyl (C=O) groups is 1. The predicted octanol–water partition coefficient (Wildman–Crippen LogP) is 2.69. The number of rotatable bonds is 4. The van der Waals surface area contributed by atoms with E-state index in [9.17, 15) is 13.2 Å². The minimum Gasteiger partial charge on any atom is -0.349 e. The zero-order valence-corrected chi connectivity index (χ0v) is 15.6. The fraction of sp³-hybridized carbons (Fsp3) is 0.733. The van der Waals surface area contributed by atoms with Crippen molar-refractivity contribution in [3.8, 4) is 0 Å². The monoisotopic (exact) mass is 359 g/mol. The van der Waals surface area contributed by atoms with E-state index in [0.717, 1.165) is 47.6 Å². The lowest BCUT2D eigenvalue weighted by Crippen LogP contribution is -2.35.